The van der Waals surface area contributed by atoms with Gasteiger partial charge in [0.1, 0.15) is 18.4 Å². The van der Waals surface area contributed by atoms with E-state index in [4.69, 9.17) is 10.5 Å². The quantitative estimate of drug-likeness (QED) is 0.604. The first-order chi connectivity index (χ1) is 13.6. The zero-order valence-electron chi connectivity index (χ0n) is 17.4. The Bertz CT molecular complexity index is 827. The van der Waals surface area contributed by atoms with Crippen LogP contribution in [0.5, 0.6) is 5.75 Å². The largest absolute Gasteiger partial charge is 0.489 e. The van der Waals surface area contributed by atoms with E-state index in [-0.39, 0.29) is 5.41 Å². The van der Waals surface area contributed by atoms with Crippen LogP contribution < -0.4 is 15.8 Å². The maximum absolute atomic E-state index is 12.2. The first-order valence-corrected chi connectivity index (χ1v) is 9.74. The van der Waals surface area contributed by atoms with Gasteiger partial charge in [0, 0.05) is 5.56 Å². The van der Waals surface area contributed by atoms with Crippen molar-refractivity contribution in [3.63, 3.8) is 0 Å². The van der Waals surface area contributed by atoms with Gasteiger partial charge >= 0.3 is 0 Å². The lowest BCUT2D eigenvalue weighted by molar-refractivity contribution is -0.122. The summed E-state index contributed by atoms with van der Waals surface area (Å²) in [6.45, 7) is 8.37. The number of carbonyl (C=O) groups excluding carboxylic acids is 2. The Morgan fingerprint density at radius 1 is 1.10 bits per heavy atom. The van der Waals surface area contributed by atoms with Crippen LogP contribution in [0.15, 0.2) is 48.5 Å². The summed E-state index contributed by atoms with van der Waals surface area (Å²) in [7, 11) is 0. The standard InChI is InChI=1S/C23H30N2O4/c1-5-23(3,4)18-10-12-19(13-11-18)29-14-16-6-8-17(9-7-16)22(28)25-20(15(2)26)21(24)27/h6-13,15,20,26H,5,14H2,1-4H3,(H2,24,27)(H,25,28). The Morgan fingerprint density at radius 3 is 2.17 bits per heavy atom. The van der Waals surface area contributed by atoms with Crippen molar-refractivity contribution in [2.24, 2.45) is 5.73 Å². The van der Waals surface area contributed by atoms with Crippen LogP contribution in [-0.4, -0.2) is 29.1 Å². The van der Waals surface area contributed by atoms with Crippen molar-refractivity contribution >= 4 is 11.8 Å². The number of carbonyl (C=O) groups is 2. The van der Waals surface area contributed by atoms with Gasteiger partial charge in [0.25, 0.3) is 5.91 Å². The molecule has 6 nitrogen and oxygen atoms in total. The number of amides is 2. The molecule has 0 aromatic heterocycles. The van der Waals surface area contributed by atoms with E-state index in [1.807, 2.05) is 12.1 Å². The summed E-state index contributed by atoms with van der Waals surface area (Å²) in [6.07, 6.45) is -0.0109. The van der Waals surface area contributed by atoms with Gasteiger partial charge in [-0.3, -0.25) is 9.59 Å². The fourth-order valence-corrected chi connectivity index (χ4v) is 2.78. The highest BCUT2D eigenvalue weighted by molar-refractivity contribution is 5.97. The molecule has 6 heteroatoms. The van der Waals surface area contributed by atoms with E-state index in [1.165, 1.54) is 12.5 Å². The molecule has 2 rings (SSSR count). The summed E-state index contributed by atoms with van der Waals surface area (Å²) in [4.78, 5) is 23.5. The Labute approximate surface area is 172 Å². The zero-order valence-corrected chi connectivity index (χ0v) is 17.4. The van der Waals surface area contributed by atoms with Crippen molar-refractivity contribution in [2.75, 3.05) is 0 Å². The zero-order chi connectivity index (χ0) is 21.6. The Kier molecular flexibility index (Phi) is 7.40. The smallest absolute Gasteiger partial charge is 0.252 e. The van der Waals surface area contributed by atoms with Crippen LogP contribution in [0.3, 0.4) is 0 Å². The minimum atomic E-state index is -1.13. The van der Waals surface area contributed by atoms with E-state index < -0.39 is 24.0 Å². The molecule has 0 radical (unpaired) electrons. The number of rotatable bonds is 9. The molecule has 29 heavy (non-hydrogen) atoms. The van der Waals surface area contributed by atoms with Gasteiger partial charge in [-0.1, -0.05) is 45.0 Å². The Hall–Kier alpha value is -2.86. The molecule has 0 spiro atoms. The second kappa shape index (κ2) is 9.56. The second-order valence-corrected chi connectivity index (χ2v) is 7.84. The molecule has 2 aromatic rings. The second-order valence-electron chi connectivity index (χ2n) is 7.84. The van der Waals surface area contributed by atoms with Crippen LogP contribution in [0.25, 0.3) is 0 Å². The summed E-state index contributed by atoms with van der Waals surface area (Å²) in [5.74, 6) is -0.480. The number of aliphatic hydroxyl groups is 1. The molecule has 0 saturated heterocycles. The van der Waals surface area contributed by atoms with E-state index in [9.17, 15) is 14.7 Å². The molecule has 0 bridgehead atoms. The third-order valence-electron chi connectivity index (χ3n) is 5.22. The number of hydrogen-bond acceptors (Lipinski definition) is 4. The van der Waals surface area contributed by atoms with E-state index in [0.29, 0.717) is 12.2 Å². The Balaban J connectivity index is 1.95. The van der Waals surface area contributed by atoms with Crippen molar-refractivity contribution < 1.29 is 19.4 Å². The molecule has 2 atom stereocenters. The number of aliphatic hydroxyl groups excluding tert-OH is 1. The predicted octanol–water partition coefficient (Wildman–Crippen LogP) is 2.92. The average Bonchev–Trinajstić information content (AvgIpc) is 2.70. The monoisotopic (exact) mass is 398 g/mol. The molecule has 4 N–H and O–H groups in total. The minimum absolute atomic E-state index is 0.135. The molecule has 0 aliphatic heterocycles. The fraction of sp³-hybridized carbons (Fsp3) is 0.391. The maximum Gasteiger partial charge on any atom is 0.252 e. The molecular formula is C23H30N2O4. The summed E-state index contributed by atoms with van der Waals surface area (Å²) in [5.41, 5.74) is 7.87. The number of ether oxygens (including phenoxy) is 1. The highest BCUT2D eigenvalue weighted by atomic mass is 16.5. The summed E-state index contributed by atoms with van der Waals surface area (Å²) in [5, 5.41) is 12.0. The first-order valence-electron chi connectivity index (χ1n) is 9.74. The lowest BCUT2D eigenvalue weighted by atomic mass is 9.82. The molecule has 0 saturated carbocycles. The summed E-state index contributed by atoms with van der Waals surface area (Å²) < 4.78 is 5.83. The molecule has 0 heterocycles. The van der Waals surface area contributed by atoms with Gasteiger partial charge in [0.2, 0.25) is 5.91 Å². The Morgan fingerprint density at radius 2 is 1.69 bits per heavy atom. The highest BCUT2D eigenvalue weighted by Gasteiger charge is 2.23. The van der Waals surface area contributed by atoms with Crippen molar-refractivity contribution in [3.05, 3.63) is 65.2 Å². The molecule has 0 fully saturated rings. The third-order valence-corrected chi connectivity index (χ3v) is 5.22. The van der Waals surface area contributed by atoms with Crippen LogP contribution in [0.1, 0.15) is 55.6 Å². The number of hydrogen-bond donors (Lipinski definition) is 3. The molecule has 0 aliphatic rings. The average molecular weight is 399 g/mol. The predicted molar refractivity (Wildman–Crippen MR) is 113 cm³/mol. The van der Waals surface area contributed by atoms with Gasteiger partial charge in [0.15, 0.2) is 0 Å². The summed E-state index contributed by atoms with van der Waals surface area (Å²) >= 11 is 0. The van der Waals surface area contributed by atoms with Gasteiger partial charge in [-0.05, 0) is 54.2 Å². The highest BCUT2D eigenvalue weighted by Crippen LogP contribution is 2.28. The van der Waals surface area contributed by atoms with E-state index in [1.54, 1.807) is 24.3 Å². The third kappa shape index (κ3) is 6.06. The number of benzene rings is 2. The molecule has 2 aromatic carbocycles. The lowest BCUT2D eigenvalue weighted by Crippen LogP contribution is -2.50. The normalized spacial score (nSPS) is 13.4. The molecule has 2 unspecified atom stereocenters. The maximum atomic E-state index is 12.2. The van der Waals surface area contributed by atoms with Crippen LogP contribution in [0.4, 0.5) is 0 Å². The van der Waals surface area contributed by atoms with Crippen molar-refractivity contribution in [1.29, 1.82) is 0 Å². The number of nitrogens with two attached hydrogens (primary N) is 1. The SMILES string of the molecule is CCC(C)(C)c1ccc(OCc2ccc(C(=O)NC(C(N)=O)C(C)O)cc2)cc1. The van der Waals surface area contributed by atoms with Gasteiger partial charge < -0.3 is 20.9 Å². The van der Waals surface area contributed by atoms with Crippen molar-refractivity contribution in [3.8, 4) is 5.75 Å². The van der Waals surface area contributed by atoms with Gasteiger partial charge in [0.05, 0.1) is 6.10 Å². The van der Waals surface area contributed by atoms with E-state index in [0.717, 1.165) is 17.7 Å². The topological polar surface area (TPSA) is 102 Å². The fourth-order valence-electron chi connectivity index (χ4n) is 2.78. The van der Waals surface area contributed by atoms with Gasteiger partial charge in [-0.2, -0.15) is 0 Å². The van der Waals surface area contributed by atoms with E-state index >= 15 is 0 Å². The summed E-state index contributed by atoms with van der Waals surface area (Å²) in [6, 6.07) is 13.8. The van der Waals surface area contributed by atoms with Gasteiger partial charge in [-0.25, -0.2) is 0 Å². The first kappa shape index (κ1) is 22.4. The molecule has 156 valence electrons. The van der Waals surface area contributed by atoms with Crippen LogP contribution in [0, 0.1) is 0 Å². The molecule has 0 aliphatic carbocycles. The van der Waals surface area contributed by atoms with Crippen LogP contribution in [0.2, 0.25) is 0 Å². The van der Waals surface area contributed by atoms with Crippen LogP contribution in [-0.2, 0) is 16.8 Å². The van der Waals surface area contributed by atoms with Crippen LogP contribution >= 0.6 is 0 Å². The lowest BCUT2D eigenvalue weighted by Gasteiger charge is -2.23. The number of nitrogens with one attached hydrogen (secondary N) is 1. The minimum Gasteiger partial charge on any atom is -0.489 e. The molecule has 2 amide bonds. The molecular weight excluding hydrogens is 368 g/mol. The van der Waals surface area contributed by atoms with Gasteiger partial charge in [-0.15, -0.1) is 0 Å². The van der Waals surface area contributed by atoms with E-state index in [2.05, 4.69) is 38.2 Å². The van der Waals surface area contributed by atoms with Crippen molar-refractivity contribution in [1.82, 2.24) is 5.32 Å². The van der Waals surface area contributed by atoms with Crippen molar-refractivity contribution in [2.45, 2.75) is 58.3 Å². The number of primary amides is 1.